The van der Waals surface area contributed by atoms with Crippen molar-refractivity contribution in [2.45, 2.75) is 51.0 Å². The fourth-order valence-electron chi connectivity index (χ4n) is 2.69. The van der Waals surface area contributed by atoms with Crippen molar-refractivity contribution in [1.82, 2.24) is 5.32 Å². The van der Waals surface area contributed by atoms with E-state index in [-0.39, 0.29) is 5.91 Å². The first-order chi connectivity index (χ1) is 10.2. The van der Waals surface area contributed by atoms with E-state index >= 15 is 0 Å². The molecule has 1 aromatic rings. The first-order valence-electron chi connectivity index (χ1n) is 7.64. The number of hydrogen-bond acceptors (Lipinski definition) is 2. The van der Waals surface area contributed by atoms with Crippen LogP contribution in [0.25, 0.3) is 0 Å². The van der Waals surface area contributed by atoms with E-state index in [2.05, 4.69) is 10.6 Å². The summed E-state index contributed by atoms with van der Waals surface area (Å²) in [6.45, 7) is 0.530. The van der Waals surface area contributed by atoms with Gasteiger partial charge in [0, 0.05) is 19.0 Å². The Bertz CT molecular complexity index is 451. The van der Waals surface area contributed by atoms with Gasteiger partial charge in [-0.05, 0) is 25.0 Å². The number of anilines is 1. The van der Waals surface area contributed by atoms with Gasteiger partial charge in [-0.1, -0.05) is 55.0 Å². The predicted octanol–water partition coefficient (Wildman–Crippen LogP) is 4.63. The number of carbonyl (C=O) groups is 1. The minimum Gasteiger partial charge on any atom is -0.382 e. The predicted molar refractivity (Wildman–Crippen MR) is 89.2 cm³/mol. The van der Waals surface area contributed by atoms with E-state index in [4.69, 9.17) is 23.2 Å². The van der Waals surface area contributed by atoms with Crippen molar-refractivity contribution in [3.05, 3.63) is 28.2 Å². The zero-order valence-electron chi connectivity index (χ0n) is 12.1. The van der Waals surface area contributed by atoms with Crippen LogP contribution in [-0.2, 0) is 4.79 Å². The van der Waals surface area contributed by atoms with Crippen LogP contribution in [0.3, 0.4) is 0 Å². The molecule has 3 nitrogen and oxygen atoms in total. The number of amides is 1. The summed E-state index contributed by atoms with van der Waals surface area (Å²) in [7, 11) is 0. The molecule has 0 saturated heterocycles. The molecule has 1 aliphatic carbocycles. The van der Waals surface area contributed by atoms with Crippen LogP contribution < -0.4 is 10.6 Å². The molecular weight excluding hydrogens is 307 g/mol. The van der Waals surface area contributed by atoms with E-state index in [1.165, 1.54) is 25.7 Å². The largest absolute Gasteiger partial charge is 0.382 e. The van der Waals surface area contributed by atoms with Gasteiger partial charge in [-0.2, -0.15) is 0 Å². The maximum absolute atomic E-state index is 12.0. The van der Waals surface area contributed by atoms with Gasteiger partial charge in [0.1, 0.15) is 0 Å². The lowest BCUT2D eigenvalue weighted by Crippen LogP contribution is -2.35. The van der Waals surface area contributed by atoms with E-state index in [1.807, 2.05) is 0 Å². The Hall–Kier alpha value is -0.930. The zero-order valence-corrected chi connectivity index (χ0v) is 13.6. The number of rotatable bonds is 5. The van der Waals surface area contributed by atoms with Crippen molar-refractivity contribution >= 4 is 34.8 Å². The molecule has 1 saturated carbocycles. The molecule has 0 aromatic heterocycles. The van der Waals surface area contributed by atoms with Gasteiger partial charge in [0.25, 0.3) is 0 Å². The molecule has 5 heteroatoms. The molecule has 0 atom stereocenters. The molecule has 2 rings (SSSR count). The van der Waals surface area contributed by atoms with Gasteiger partial charge in [0.05, 0.1) is 15.7 Å². The molecule has 1 amide bonds. The van der Waals surface area contributed by atoms with Gasteiger partial charge in [0.2, 0.25) is 5.91 Å². The fourth-order valence-corrected chi connectivity index (χ4v) is 3.22. The number of nitrogens with one attached hydrogen (secondary N) is 2. The molecule has 0 spiro atoms. The number of carbonyl (C=O) groups excluding carboxylic acids is 1. The molecule has 0 radical (unpaired) electrons. The Morgan fingerprint density at radius 1 is 1.10 bits per heavy atom. The van der Waals surface area contributed by atoms with Gasteiger partial charge >= 0.3 is 0 Å². The third-order valence-corrected chi connectivity index (χ3v) is 4.47. The number of para-hydroxylation sites is 1. The Labute approximate surface area is 136 Å². The highest BCUT2D eigenvalue weighted by molar-refractivity contribution is 6.39. The first-order valence-corrected chi connectivity index (χ1v) is 8.39. The second-order valence-electron chi connectivity index (χ2n) is 5.53. The lowest BCUT2D eigenvalue weighted by Gasteiger charge is -2.16. The van der Waals surface area contributed by atoms with Crippen molar-refractivity contribution in [2.75, 3.05) is 11.9 Å². The van der Waals surface area contributed by atoms with E-state index < -0.39 is 0 Å². The summed E-state index contributed by atoms with van der Waals surface area (Å²) in [6, 6.07) is 5.71. The average Bonchev–Trinajstić information content (AvgIpc) is 2.71. The van der Waals surface area contributed by atoms with Gasteiger partial charge in [-0.3, -0.25) is 4.79 Å². The number of halogens is 2. The molecule has 116 valence electrons. The molecule has 0 heterocycles. The third-order valence-electron chi connectivity index (χ3n) is 3.84. The van der Waals surface area contributed by atoms with E-state index in [9.17, 15) is 4.79 Å². The Kier molecular flexibility index (Phi) is 6.65. The highest BCUT2D eigenvalue weighted by Crippen LogP contribution is 2.29. The van der Waals surface area contributed by atoms with Crippen LogP contribution in [0.5, 0.6) is 0 Å². The van der Waals surface area contributed by atoms with E-state index in [0.717, 1.165) is 12.8 Å². The van der Waals surface area contributed by atoms with Gasteiger partial charge in [-0.25, -0.2) is 0 Å². The Morgan fingerprint density at radius 3 is 2.33 bits per heavy atom. The van der Waals surface area contributed by atoms with E-state index in [0.29, 0.717) is 34.7 Å². The minimum absolute atomic E-state index is 0.0950. The molecule has 0 bridgehead atoms. The monoisotopic (exact) mass is 328 g/mol. The standard InChI is InChI=1S/C16H22Cl2N2O/c17-13-8-5-9-14(18)16(13)19-11-10-15(21)20-12-6-3-1-2-4-7-12/h5,8-9,12,19H,1-4,6-7,10-11H2,(H,20,21). The maximum Gasteiger partial charge on any atom is 0.221 e. The third kappa shape index (κ3) is 5.40. The lowest BCUT2D eigenvalue weighted by molar-refractivity contribution is -0.121. The summed E-state index contributed by atoms with van der Waals surface area (Å²) < 4.78 is 0. The summed E-state index contributed by atoms with van der Waals surface area (Å²) >= 11 is 12.1. The van der Waals surface area contributed by atoms with Crippen LogP contribution in [0.2, 0.25) is 10.0 Å². The molecule has 21 heavy (non-hydrogen) atoms. The Morgan fingerprint density at radius 2 is 1.71 bits per heavy atom. The highest BCUT2D eigenvalue weighted by atomic mass is 35.5. The summed E-state index contributed by atoms with van der Waals surface area (Å²) in [5.74, 6) is 0.0950. The summed E-state index contributed by atoms with van der Waals surface area (Å²) in [5, 5.41) is 7.42. The van der Waals surface area contributed by atoms with Crippen molar-refractivity contribution < 1.29 is 4.79 Å². The second-order valence-corrected chi connectivity index (χ2v) is 6.34. The van der Waals surface area contributed by atoms with Crippen molar-refractivity contribution in [3.8, 4) is 0 Å². The molecule has 0 unspecified atom stereocenters. The number of benzene rings is 1. The minimum atomic E-state index is 0.0950. The van der Waals surface area contributed by atoms with Crippen LogP contribution in [0.15, 0.2) is 18.2 Å². The molecule has 2 N–H and O–H groups in total. The molecule has 1 aliphatic rings. The summed E-state index contributed by atoms with van der Waals surface area (Å²) in [5.41, 5.74) is 0.697. The van der Waals surface area contributed by atoms with Crippen LogP contribution >= 0.6 is 23.2 Å². The molecule has 1 fully saturated rings. The van der Waals surface area contributed by atoms with E-state index in [1.54, 1.807) is 18.2 Å². The highest BCUT2D eigenvalue weighted by Gasteiger charge is 2.14. The zero-order chi connectivity index (χ0) is 15.1. The smallest absolute Gasteiger partial charge is 0.221 e. The summed E-state index contributed by atoms with van der Waals surface area (Å²) in [6.07, 6.45) is 7.66. The summed E-state index contributed by atoms with van der Waals surface area (Å²) in [4.78, 5) is 12.0. The number of hydrogen-bond donors (Lipinski definition) is 2. The first kappa shape index (κ1) is 16.4. The van der Waals surface area contributed by atoms with Crippen LogP contribution in [0, 0.1) is 0 Å². The molecule has 1 aromatic carbocycles. The van der Waals surface area contributed by atoms with Crippen LogP contribution in [-0.4, -0.2) is 18.5 Å². The maximum atomic E-state index is 12.0. The molecule has 0 aliphatic heterocycles. The second kappa shape index (κ2) is 8.50. The SMILES string of the molecule is O=C(CCNc1c(Cl)cccc1Cl)NC1CCCCCC1. The Balaban J connectivity index is 1.74. The van der Waals surface area contributed by atoms with Gasteiger partial charge in [0.15, 0.2) is 0 Å². The van der Waals surface area contributed by atoms with Crippen molar-refractivity contribution in [2.24, 2.45) is 0 Å². The fraction of sp³-hybridized carbons (Fsp3) is 0.562. The van der Waals surface area contributed by atoms with Gasteiger partial charge in [-0.15, -0.1) is 0 Å². The normalized spacial score (nSPS) is 16.3. The molecular formula is C16H22Cl2N2O. The average molecular weight is 329 g/mol. The topological polar surface area (TPSA) is 41.1 Å². The quantitative estimate of drug-likeness (QED) is 0.773. The van der Waals surface area contributed by atoms with Crippen molar-refractivity contribution in [3.63, 3.8) is 0 Å². The lowest BCUT2D eigenvalue weighted by atomic mass is 10.1. The van der Waals surface area contributed by atoms with Crippen LogP contribution in [0.4, 0.5) is 5.69 Å². The van der Waals surface area contributed by atoms with Crippen LogP contribution in [0.1, 0.15) is 44.9 Å². The van der Waals surface area contributed by atoms with Gasteiger partial charge < -0.3 is 10.6 Å². The van der Waals surface area contributed by atoms with Crippen molar-refractivity contribution in [1.29, 1.82) is 0 Å².